The Balaban J connectivity index is 1.45. The van der Waals surface area contributed by atoms with Gasteiger partial charge < -0.3 is 10.1 Å². The van der Waals surface area contributed by atoms with E-state index in [0.717, 1.165) is 10.5 Å². The van der Waals surface area contributed by atoms with Crippen molar-refractivity contribution in [2.45, 2.75) is 37.8 Å². The summed E-state index contributed by atoms with van der Waals surface area (Å²) in [6.07, 6.45) is -3.88. The first-order chi connectivity index (χ1) is 18.0. The quantitative estimate of drug-likeness (QED) is 0.323. The Labute approximate surface area is 224 Å². The molecule has 0 aromatic heterocycles. The van der Waals surface area contributed by atoms with Gasteiger partial charge in [-0.05, 0) is 67.1 Å². The van der Waals surface area contributed by atoms with Crippen molar-refractivity contribution in [3.05, 3.63) is 87.9 Å². The van der Waals surface area contributed by atoms with Crippen molar-refractivity contribution in [3.8, 4) is 5.75 Å². The number of carbonyl (C=O) groups is 1. The summed E-state index contributed by atoms with van der Waals surface area (Å²) in [5.74, 6) is -2.48. The maximum atomic E-state index is 13.8. The van der Waals surface area contributed by atoms with Crippen LogP contribution in [0.15, 0.2) is 65.1 Å². The molecular weight excluding hydrogens is 573 g/mol. The molecule has 1 fully saturated rings. The maximum Gasteiger partial charge on any atom is 0.573 e. The fourth-order valence-electron chi connectivity index (χ4n) is 5.20. The maximum absolute atomic E-state index is 13.8. The van der Waals surface area contributed by atoms with Gasteiger partial charge in [-0.3, -0.25) is 14.6 Å². The van der Waals surface area contributed by atoms with E-state index in [1.165, 1.54) is 30.3 Å². The van der Waals surface area contributed by atoms with Gasteiger partial charge in [0.15, 0.2) is 11.6 Å². The first-order valence-electron chi connectivity index (χ1n) is 11.9. The number of nitrogens with zero attached hydrogens (tertiary/aromatic N) is 2. The van der Waals surface area contributed by atoms with Crippen LogP contribution in [0.1, 0.15) is 41.7 Å². The van der Waals surface area contributed by atoms with Gasteiger partial charge in [0.2, 0.25) is 0 Å². The molecule has 38 heavy (non-hydrogen) atoms. The number of hydrogen-bond donors (Lipinski definition) is 1. The molecule has 1 saturated heterocycles. The summed E-state index contributed by atoms with van der Waals surface area (Å²) in [6.45, 7) is 2.96. The number of fused-ring (bicyclic) bond motifs is 1. The highest BCUT2D eigenvalue weighted by Gasteiger charge is 2.48. The third-order valence-corrected chi connectivity index (χ3v) is 7.63. The lowest BCUT2D eigenvalue weighted by Crippen LogP contribution is -2.64. The van der Waals surface area contributed by atoms with Gasteiger partial charge in [-0.1, -0.05) is 22.0 Å². The van der Waals surface area contributed by atoms with Crippen molar-refractivity contribution in [1.29, 1.82) is 0 Å². The Kier molecular flexibility index (Phi) is 6.85. The molecule has 1 atom stereocenters. The molecule has 3 aromatic carbocycles. The van der Waals surface area contributed by atoms with Gasteiger partial charge in [-0.25, -0.2) is 8.78 Å². The number of benzene rings is 3. The minimum Gasteiger partial charge on any atom is -0.406 e. The number of piperidine rings is 1. The molecular formula is C27H23BrF5N3O2. The molecule has 2 heterocycles. The molecule has 0 radical (unpaired) electrons. The van der Waals surface area contributed by atoms with Crippen LogP contribution in [0.2, 0.25) is 0 Å². The summed E-state index contributed by atoms with van der Waals surface area (Å²) in [5.41, 5.74) is 1.29. The van der Waals surface area contributed by atoms with E-state index in [0.29, 0.717) is 48.4 Å². The third-order valence-electron chi connectivity index (χ3n) is 7.14. The van der Waals surface area contributed by atoms with Crippen LogP contribution in [0.3, 0.4) is 0 Å². The number of anilines is 2. The highest BCUT2D eigenvalue weighted by molar-refractivity contribution is 9.10. The third kappa shape index (κ3) is 5.09. The lowest BCUT2D eigenvalue weighted by molar-refractivity contribution is -0.274. The van der Waals surface area contributed by atoms with Crippen molar-refractivity contribution in [3.63, 3.8) is 0 Å². The Hall–Kier alpha value is -3.18. The molecule has 2 aliphatic heterocycles. The minimum absolute atomic E-state index is 0.199. The topological polar surface area (TPSA) is 44.8 Å². The second-order valence-electron chi connectivity index (χ2n) is 9.41. The molecule has 5 rings (SSSR count). The number of rotatable bonds is 4. The van der Waals surface area contributed by atoms with E-state index in [4.69, 9.17) is 0 Å². The Bertz CT molecular complexity index is 1360. The van der Waals surface area contributed by atoms with Crippen LogP contribution in [-0.2, 0) is 0 Å². The number of alkyl halides is 3. The van der Waals surface area contributed by atoms with Crippen LogP contribution < -0.4 is 15.0 Å². The smallest absolute Gasteiger partial charge is 0.406 e. The molecule has 0 saturated carbocycles. The van der Waals surface area contributed by atoms with Crippen LogP contribution in [-0.4, -0.2) is 35.9 Å². The lowest BCUT2D eigenvalue weighted by Gasteiger charge is -2.53. The van der Waals surface area contributed by atoms with Crippen molar-refractivity contribution < 1.29 is 31.5 Å². The van der Waals surface area contributed by atoms with Crippen LogP contribution in [0.4, 0.5) is 33.3 Å². The van der Waals surface area contributed by atoms with Gasteiger partial charge in [-0.2, -0.15) is 0 Å². The van der Waals surface area contributed by atoms with E-state index in [1.54, 1.807) is 23.1 Å². The zero-order valence-corrected chi connectivity index (χ0v) is 21.7. The zero-order valence-electron chi connectivity index (χ0n) is 20.2. The van der Waals surface area contributed by atoms with Crippen LogP contribution in [0.25, 0.3) is 0 Å². The molecule has 1 amide bonds. The average molecular weight is 596 g/mol. The minimum atomic E-state index is -4.82. The molecule has 0 aliphatic carbocycles. The molecule has 1 unspecified atom stereocenters. The Morgan fingerprint density at radius 1 is 0.974 bits per heavy atom. The first kappa shape index (κ1) is 26.4. The second-order valence-corrected chi connectivity index (χ2v) is 10.3. The number of halogens is 6. The average Bonchev–Trinajstić information content (AvgIpc) is 2.86. The summed E-state index contributed by atoms with van der Waals surface area (Å²) in [7, 11) is 0. The number of carbonyl (C=O) groups excluding carboxylic acids is 1. The van der Waals surface area contributed by atoms with Gasteiger partial charge in [0, 0.05) is 47.8 Å². The van der Waals surface area contributed by atoms with Crippen LogP contribution in [0.5, 0.6) is 5.75 Å². The monoisotopic (exact) mass is 595 g/mol. The first-order valence-corrected chi connectivity index (χ1v) is 12.7. The lowest BCUT2D eigenvalue weighted by atomic mass is 9.88. The number of nitrogens with one attached hydrogen (secondary N) is 1. The summed E-state index contributed by atoms with van der Waals surface area (Å²) < 4.78 is 70.1. The van der Waals surface area contributed by atoms with Crippen LogP contribution in [0, 0.1) is 11.6 Å². The molecule has 200 valence electrons. The van der Waals surface area contributed by atoms with Gasteiger partial charge >= 0.3 is 6.36 Å². The fraction of sp³-hybridized carbons (Fsp3) is 0.296. The van der Waals surface area contributed by atoms with Gasteiger partial charge in [-0.15, -0.1) is 13.2 Å². The summed E-state index contributed by atoms with van der Waals surface area (Å²) in [6, 6.07) is 14.2. The molecule has 3 aromatic rings. The van der Waals surface area contributed by atoms with E-state index < -0.39 is 23.7 Å². The van der Waals surface area contributed by atoms with E-state index in [-0.39, 0.29) is 17.7 Å². The van der Waals surface area contributed by atoms with E-state index in [2.05, 4.69) is 30.9 Å². The normalized spacial score (nSPS) is 18.2. The number of hydrogen-bond acceptors (Lipinski definition) is 4. The molecule has 1 N–H and O–H groups in total. The van der Waals surface area contributed by atoms with E-state index in [9.17, 15) is 26.7 Å². The highest BCUT2D eigenvalue weighted by Crippen LogP contribution is 2.43. The predicted molar refractivity (Wildman–Crippen MR) is 136 cm³/mol. The fourth-order valence-corrected chi connectivity index (χ4v) is 5.56. The Morgan fingerprint density at radius 2 is 1.66 bits per heavy atom. The predicted octanol–water partition coefficient (Wildman–Crippen LogP) is 7.25. The summed E-state index contributed by atoms with van der Waals surface area (Å²) in [4.78, 5) is 17.5. The SMILES string of the molecule is CC(c1ccc(F)c(F)c1)N1CCC2(CC1)Nc1cc(Br)ccc1C(=O)N2c1ccc(OC(F)(F)F)cc1. The molecule has 11 heteroatoms. The molecule has 2 aliphatic rings. The van der Waals surface area contributed by atoms with Gasteiger partial charge in [0.25, 0.3) is 5.91 Å². The van der Waals surface area contributed by atoms with Crippen molar-refractivity contribution in [2.24, 2.45) is 0 Å². The largest absolute Gasteiger partial charge is 0.573 e. The molecule has 0 bridgehead atoms. The standard InChI is InChI=1S/C27H23BrF5N3O2/c1-16(17-2-9-22(29)23(30)14-17)35-12-10-26(11-13-35)34-24-15-18(28)3-8-21(24)25(37)36(26)19-4-6-20(7-5-19)38-27(31,32)33/h2-9,14-16,34H,10-13H2,1H3. The van der Waals surface area contributed by atoms with E-state index >= 15 is 0 Å². The summed E-state index contributed by atoms with van der Waals surface area (Å²) >= 11 is 3.44. The number of amides is 1. The van der Waals surface area contributed by atoms with Crippen molar-refractivity contribution in [2.75, 3.05) is 23.3 Å². The Morgan fingerprint density at radius 3 is 2.29 bits per heavy atom. The number of ether oxygens (including phenoxy) is 1. The second kappa shape index (κ2) is 9.85. The molecule has 1 spiro atoms. The summed E-state index contributed by atoms with van der Waals surface area (Å²) in [5, 5.41) is 3.53. The van der Waals surface area contributed by atoms with Gasteiger partial charge in [0.05, 0.1) is 5.56 Å². The number of likely N-dealkylation sites (tertiary alicyclic amines) is 1. The van der Waals surface area contributed by atoms with E-state index in [1.807, 2.05) is 13.0 Å². The highest BCUT2D eigenvalue weighted by atomic mass is 79.9. The van der Waals surface area contributed by atoms with Crippen molar-refractivity contribution >= 4 is 33.2 Å². The van der Waals surface area contributed by atoms with Gasteiger partial charge in [0.1, 0.15) is 11.4 Å². The zero-order chi connectivity index (χ0) is 27.2. The molecule has 5 nitrogen and oxygen atoms in total. The van der Waals surface area contributed by atoms with Crippen molar-refractivity contribution in [1.82, 2.24) is 4.90 Å². The van der Waals surface area contributed by atoms with Crippen LogP contribution >= 0.6 is 15.9 Å².